The van der Waals surface area contributed by atoms with Crippen LogP contribution < -0.4 is 14.8 Å². The molecule has 138 valence electrons. The van der Waals surface area contributed by atoms with Crippen molar-refractivity contribution < 1.29 is 14.3 Å². The lowest BCUT2D eigenvalue weighted by atomic mass is 10.2. The van der Waals surface area contributed by atoms with Gasteiger partial charge in [-0.25, -0.2) is 0 Å². The summed E-state index contributed by atoms with van der Waals surface area (Å²) in [4.78, 5) is 16.1. The van der Waals surface area contributed by atoms with Crippen LogP contribution in [0.25, 0.3) is 0 Å². The number of hydrogen-bond donors (Lipinski definition) is 1. The van der Waals surface area contributed by atoms with E-state index >= 15 is 0 Å². The molecule has 5 heteroatoms. The van der Waals surface area contributed by atoms with Gasteiger partial charge in [-0.3, -0.25) is 9.78 Å². The Hall–Kier alpha value is -3.34. The van der Waals surface area contributed by atoms with Crippen molar-refractivity contribution in [3.63, 3.8) is 0 Å². The van der Waals surface area contributed by atoms with Gasteiger partial charge < -0.3 is 14.8 Å². The van der Waals surface area contributed by atoms with Crippen LogP contribution in [-0.4, -0.2) is 17.5 Å². The van der Waals surface area contributed by atoms with E-state index in [4.69, 9.17) is 9.47 Å². The summed E-state index contributed by atoms with van der Waals surface area (Å²) < 4.78 is 11.6. The molecule has 3 aromatic rings. The maximum atomic E-state index is 12.1. The molecule has 1 amide bonds. The first-order valence-electron chi connectivity index (χ1n) is 8.92. The number of rotatable bonds is 8. The predicted molar refractivity (Wildman–Crippen MR) is 104 cm³/mol. The highest BCUT2D eigenvalue weighted by Crippen LogP contribution is 2.26. The fourth-order valence-corrected chi connectivity index (χ4v) is 2.48. The molecule has 0 saturated heterocycles. The topological polar surface area (TPSA) is 60.5 Å². The number of ether oxygens (including phenoxy) is 2. The Bertz CT molecular complexity index is 881. The van der Waals surface area contributed by atoms with E-state index in [9.17, 15) is 4.79 Å². The summed E-state index contributed by atoms with van der Waals surface area (Å²) in [6.07, 6.45) is 4.14. The molecule has 0 radical (unpaired) electrons. The highest BCUT2D eigenvalue weighted by atomic mass is 16.5. The van der Waals surface area contributed by atoms with Crippen LogP contribution in [0.15, 0.2) is 73.1 Å². The zero-order valence-electron chi connectivity index (χ0n) is 15.2. The van der Waals surface area contributed by atoms with Gasteiger partial charge in [0.1, 0.15) is 17.2 Å². The minimum absolute atomic E-state index is 0.157. The van der Waals surface area contributed by atoms with Crippen LogP contribution >= 0.6 is 0 Å². The Labute approximate surface area is 159 Å². The van der Waals surface area contributed by atoms with Crippen molar-refractivity contribution in [1.29, 1.82) is 0 Å². The second kappa shape index (κ2) is 9.38. The molecule has 0 aliphatic heterocycles. The van der Waals surface area contributed by atoms with Gasteiger partial charge in [0, 0.05) is 25.0 Å². The molecular formula is C22H22N2O3. The van der Waals surface area contributed by atoms with E-state index in [2.05, 4.69) is 17.2 Å². The summed E-state index contributed by atoms with van der Waals surface area (Å²) in [5.41, 5.74) is 1.48. The molecule has 0 fully saturated rings. The zero-order valence-corrected chi connectivity index (χ0v) is 15.2. The maximum absolute atomic E-state index is 12.1. The third-order valence-electron chi connectivity index (χ3n) is 3.79. The van der Waals surface area contributed by atoms with Gasteiger partial charge in [-0.2, -0.15) is 0 Å². The average molecular weight is 362 g/mol. The molecule has 1 heterocycles. The normalized spacial score (nSPS) is 10.3. The van der Waals surface area contributed by atoms with E-state index in [1.165, 1.54) is 0 Å². The van der Waals surface area contributed by atoms with Crippen molar-refractivity contribution in [3.8, 4) is 17.2 Å². The summed E-state index contributed by atoms with van der Waals surface area (Å²) in [7, 11) is 0. The van der Waals surface area contributed by atoms with Crippen molar-refractivity contribution in [2.45, 2.75) is 19.9 Å². The standard InChI is InChI=1S/C22H22N2O3/c1-2-12-26-19-8-4-10-21(14-19)27-20-9-3-6-17(13-20)15-24-22(25)18-7-5-11-23-16-18/h3-11,13-14,16H,2,12,15H2,1H3,(H,24,25). The molecule has 0 bridgehead atoms. The summed E-state index contributed by atoms with van der Waals surface area (Å²) >= 11 is 0. The van der Waals surface area contributed by atoms with Crippen molar-refractivity contribution in [1.82, 2.24) is 10.3 Å². The lowest BCUT2D eigenvalue weighted by Crippen LogP contribution is -2.22. The van der Waals surface area contributed by atoms with Gasteiger partial charge in [-0.05, 0) is 48.4 Å². The molecule has 3 rings (SSSR count). The third kappa shape index (κ3) is 5.57. The third-order valence-corrected chi connectivity index (χ3v) is 3.79. The molecule has 0 aliphatic carbocycles. The molecule has 2 aromatic carbocycles. The smallest absolute Gasteiger partial charge is 0.253 e. The molecule has 1 N–H and O–H groups in total. The Balaban J connectivity index is 1.61. The van der Waals surface area contributed by atoms with Crippen LogP contribution in [-0.2, 0) is 6.54 Å². The second-order valence-corrected chi connectivity index (χ2v) is 6.00. The van der Waals surface area contributed by atoms with E-state index in [1.54, 1.807) is 24.5 Å². The van der Waals surface area contributed by atoms with E-state index in [0.717, 1.165) is 17.7 Å². The van der Waals surface area contributed by atoms with Crippen LogP contribution in [0, 0.1) is 0 Å². The number of aromatic nitrogens is 1. The average Bonchev–Trinajstić information content (AvgIpc) is 2.72. The number of nitrogens with zero attached hydrogens (tertiary/aromatic N) is 1. The summed E-state index contributed by atoms with van der Waals surface area (Å²) in [5.74, 6) is 2.04. The van der Waals surface area contributed by atoms with E-state index in [1.807, 2.05) is 48.5 Å². The summed E-state index contributed by atoms with van der Waals surface area (Å²) in [6.45, 7) is 3.15. The van der Waals surface area contributed by atoms with Crippen molar-refractivity contribution in [2.24, 2.45) is 0 Å². The molecule has 0 aliphatic rings. The number of carbonyl (C=O) groups excluding carboxylic acids is 1. The Morgan fingerprint density at radius 1 is 1.00 bits per heavy atom. The van der Waals surface area contributed by atoms with Gasteiger partial charge in [0.25, 0.3) is 5.91 Å². The van der Waals surface area contributed by atoms with E-state index in [0.29, 0.717) is 30.2 Å². The Morgan fingerprint density at radius 2 is 1.78 bits per heavy atom. The van der Waals surface area contributed by atoms with Crippen LogP contribution in [0.5, 0.6) is 17.2 Å². The molecule has 0 saturated carbocycles. The first kappa shape index (κ1) is 18.5. The minimum atomic E-state index is -0.157. The molecule has 27 heavy (non-hydrogen) atoms. The highest BCUT2D eigenvalue weighted by Gasteiger charge is 2.06. The fraction of sp³-hybridized carbons (Fsp3) is 0.182. The minimum Gasteiger partial charge on any atom is -0.493 e. The van der Waals surface area contributed by atoms with E-state index in [-0.39, 0.29) is 5.91 Å². The van der Waals surface area contributed by atoms with Gasteiger partial charge in [0.15, 0.2) is 0 Å². The molecule has 1 aromatic heterocycles. The summed E-state index contributed by atoms with van der Waals surface area (Å²) in [5, 5.41) is 2.88. The van der Waals surface area contributed by atoms with Gasteiger partial charge in [0.2, 0.25) is 0 Å². The van der Waals surface area contributed by atoms with Crippen LogP contribution in [0.3, 0.4) is 0 Å². The monoisotopic (exact) mass is 362 g/mol. The first-order chi connectivity index (χ1) is 13.2. The van der Waals surface area contributed by atoms with Crippen molar-refractivity contribution in [3.05, 3.63) is 84.2 Å². The Kier molecular flexibility index (Phi) is 6.41. The fourth-order valence-electron chi connectivity index (χ4n) is 2.48. The quantitative estimate of drug-likeness (QED) is 0.636. The number of pyridine rings is 1. The lowest BCUT2D eigenvalue weighted by Gasteiger charge is -2.10. The number of nitrogens with one attached hydrogen (secondary N) is 1. The molecule has 0 unspecified atom stereocenters. The SMILES string of the molecule is CCCOc1cccc(Oc2cccc(CNC(=O)c3cccnc3)c2)c1. The lowest BCUT2D eigenvalue weighted by molar-refractivity contribution is 0.0950. The summed E-state index contributed by atoms with van der Waals surface area (Å²) in [6, 6.07) is 18.7. The van der Waals surface area contributed by atoms with Gasteiger partial charge in [-0.1, -0.05) is 25.1 Å². The second-order valence-electron chi connectivity index (χ2n) is 6.00. The van der Waals surface area contributed by atoms with Crippen LogP contribution in [0.4, 0.5) is 0 Å². The van der Waals surface area contributed by atoms with Gasteiger partial charge >= 0.3 is 0 Å². The predicted octanol–water partition coefficient (Wildman–Crippen LogP) is 4.59. The maximum Gasteiger partial charge on any atom is 0.253 e. The molecular weight excluding hydrogens is 340 g/mol. The Morgan fingerprint density at radius 3 is 2.56 bits per heavy atom. The number of carbonyl (C=O) groups is 1. The van der Waals surface area contributed by atoms with Gasteiger partial charge in [0.05, 0.1) is 12.2 Å². The van der Waals surface area contributed by atoms with Crippen molar-refractivity contribution >= 4 is 5.91 Å². The van der Waals surface area contributed by atoms with Crippen LogP contribution in [0.2, 0.25) is 0 Å². The zero-order chi connectivity index (χ0) is 18.9. The van der Waals surface area contributed by atoms with E-state index < -0.39 is 0 Å². The molecule has 0 atom stereocenters. The number of amides is 1. The molecule has 5 nitrogen and oxygen atoms in total. The number of hydrogen-bond acceptors (Lipinski definition) is 4. The van der Waals surface area contributed by atoms with Crippen molar-refractivity contribution in [2.75, 3.05) is 6.61 Å². The largest absolute Gasteiger partial charge is 0.493 e. The van der Waals surface area contributed by atoms with Gasteiger partial charge in [-0.15, -0.1) is 0 Å². The highest BCUT2D eigenvalue weighted by molar-refractivity contribution is 5.93. The van der Waals surface area contributed by atoms with Crippen LogP contribution in [0.1, 0.15) is 29.3 Å². The number of benzene rings is 2. The molecule has 0 spiro atoms. The first-order valence-corrected chi connectivity index (χ1v) is 8.92.